The van der Waals surface area contributed by atoms with Crippen LogP contribution < -0.4 is 0 Å². The summed E-state index contributed by atoms with van der Waals surface area (Å²) in [5.74, 6) is -1.03. The summed E-state index contributed by atoms with van der Waals surface area (Å²) in [6.45, 7) is 0. The molecule has 0 aliphatic rings. The van der Waals surface area contributed by atoms with E-state index in [0.717, 1.165) is 0 Å². The number of hydrogen-bond donors (Lipinski definition) is 0. The first-order valence-electron chi connectivity index (χ1n) is 5.30. The largest absolute Gasteiger partial charge is 0.294 e. The Morgan fingerprint density at radius 1 is 1.00 bits per heavy atom. The van der Waals surface area contributed by atoms with Gasteiger partial charge in [0.2, 0.25) is 0 Å². The van der Waals surface area contributed by atoms with Crippen LogP contribution in [-0.2, 0) is 6.42 Å². The molecule has 0 N–H and O–H groups in total. The minimum atomic E-state index is -0.684. The van der Waals surface area contributed by atoms with Crippen molar-refractivity contribution < 1.29 is 9.18 Å². The summed E-state index contributed by atoms with van der Waals surface area (Å²) < 4.78 is 13.7. The Bertz CT molecular complexity index is 596. The van der Waals surface area contributed by atoms with Gasteiger partial charge in [-0.15, -0.1) is 0 Å². The quantitative estimate of drug-likeness (QED) is 0.755. The van der Waals surface area contributed by atoms with Crippen LogP contribution in [0.2, 0.25) is 10.0 Å². The lowest BCUT2D eigenvalue weighted by molar-refractivity contribution is 0.0989. The van der Waals surface area contributed by atoms with E-state index in [-0.39, 0.29) is 22.8 Å². The fourth-order valence-electron chi connectivity index (χ4n) is 1.63. The molecule has 0 aromatic heterocycles. The van der Waals surface area contributed by atoms with Gasteiger partial charge in [0.15, 0.2) is 11.6 Å². The van der Waals surface area contributed by atoms with Crippen LogP contribution in [0.5, 0.6) is 0 Å². The molecular weight excluding hydrogens is 274 g/mol. The van der Waals surface area contributed by atoms with Crippen LogP contribution in [0.4, 0.5) is 4.39 Å². The molecular formula is C14H9Cl2FO. The number of rotatable bonds is 3. The summed E-state index contributed by atoms with van der Waals surface area (Å²) >= 11 is 11.6. The van der Waals surface area contributed by atoms with E-state index in [2.05, 4.69) is 0 Å². The zero-order chi connectivity index (χ0) is 13.1. The Hall–Kier alpha value is -1.38. The van der Waals surface area contributed by atoms with Gasteiger partial charge in [0.05, 0.1) is 10.6 Å². The molecule has 0 spiro atoms. The molecule has 4 heteroatoms. The SMILES string of the molecule is O=C(Cc1ccccc1Cl)c1cccc(Cl)c1F. The molecule has 0 unspecified atom stereocenters. The molecule has 0 amide bonds. The fourth-order valence-corrected chi connectivity index (χ4v) is 2.01. The van der Waals surface area contributed by atoms with Gasteiger partial charge in [-0.25, -0.2) is 4.39 Å². The number of ketones is 1. The normalized spacial score (nSPS) is 10.4. The molecule has 0 radical (unpaired) electrons. The monoisotopic (exact) mass is 282 g/mol. The first-order valence-corrected chi connectivity index (χ1v) is 6.06. The summed E-state index contributed by atoms with van der Waals surface area (Å²) in [5.41, 5.74) is 0.658. The third-order valence-corrected chi connectivity index (χ3v) is 3.22. The number of hydrogen-bond acceptors (Lipinski definition) is 1. The van der Waals surface area contributed by atoms with E-state index in [4.69, 9.17) is 23.2 Å². The minimum absolute atomic E-state index is 0.0116. The topological polar surface area (TPSA) is 17.1 Å². The zero-order valence-electron chi connectivity index (χ0n) is 9.29. The van der Waals surface area contributed by atoms with Crippen LogP contribution in [0.25, 0.3) is 0 Å². The Kier molecular flexibility index (Phi) is 4.00. The molecule has 2 aromatic rings. The maximum absolute atomic E-state index is 13.7. The van der Waals surface area contributed by atoms with E-state index in [1.165, 1.54) is 12.1 Å². The van der Waals surface area contributed by atoms with Crippen molar-refractivity contribution in [1.29, 1.82) is 0 Å². The summed E-state index contributed by atoms with van der Waals surface area (Å²) in [5, 5.41) is 0.438. The summed E-state index contributed by atoms with van der Waals surface area (Å²) in [4.78, 5) is 12.0. The second-order valence-corrected chi connectivity index (χ2v) is 4.61. The molecule has 92 valence electrons. The Morgan fingerprint density at radius 2 is 1.67 bits per heavy atom. The van der Waals surface area contributed by atoms with Crippen molar-refractivity contribution in [2.24, 2.45) is 0 Å². The van der Waals surface area contributed by atoms with E-state index in [1.54, 1.807) is 30.3 Å². The second-order valence-electron chi connectivity index (χ2n) is 3.79. The van der Waals surface area contributed by atoms with Gasteiger partial charge >= 0.3 is 0 Å². The van der Waals surface area contributed by atoms with Gasteiger partial charge in [-0.3, -0.25) is 4.79 Å². The average molecular weight is 283 g/mol. The van der Waals surface area contributed by atoms with Gasteiger partial charge in [0.1, 0.15) is 0 Å². The van der Waals surface area contributed by atoms with Crippen molar-refractivity contribution in [1.82, 2.24) is 0 Å². The maximum Gasteiger partial charge on any atom is 0.170 e. The summed E-state index contributed by atoms with van der Waals surface area (Å²) in [6, 6.07) is 11.4. The number of carbonyl (C=O) groups excluding carboxylic acids is 1. The van der Waals surface area contributed by atoms with Crippen LogP contribution in [0.15, 0.2) is 42.5 Å². The van der Waals surface area contributed by atoms with Crippen molar-refractivity contribution in [3.63, 3.8) is 0 Å². The molecule has 0 aliphatic carbocycles. The van der Waals surface area contributed by atoms with Crippen molar-refractivity contribution in [3.8, 4) is 0 Å². The van der Waals surface area contributed by atoms with Crippen molar-refractivity contribution in [2.75, 3.05) is 0 Å². The Labute approximate surface area is 114 Å². The standard InChI is InChI=1S/C14H9Cl2FO/c15-11-6-2-1-4-9(11)8-13(18)10-5-3-7-12(16)14(10)17/h1-7H,8H2. The molecule has 0 fully saturated rings. The third-order valence-electron chi connectivity index (χ3n) is 2.56. The number of Topliss-reactive ketones (excluding diaryl/α,β-unsaturated/α-hetero) is 1. The highest BCUT2D eigenvalue weighted by Crippen LogP contribution is 2.21. The smallest absolute Gasteiger partial charge is 0.170 e. The molecule has 0 heterocycles. The lowest BCUT2D eigenvalue weighted by Crippen LogP contribution is -2.06. The molecule has 1 nitrogen and oxygen atoms in total. The third kappa shape index (κ3) is 2.71. The summed E-state index contributed by atoms with van der Waals surface area (Å²) in [7, 11) is 0. The van der Waals surface area contributed by atoms with Gasteiger partial charge in [-0.2, -0.15) is 0 Å². The van der Waals surface area contributed by atoms with Crippen LogP contribution >= 0.6 is 23.2 Å². The molecule has 0 bridgehead atoms. The molecule has 2 aromatic carbocycles. The van der Waals surface area contributed by atoms with Gasteiger partial charge in [0.25, 0.3) is 0 Å². The second kappa shape index (κ2) is 5.51. The first kappa shape index (κ1) is 13.1. The van der Waals surface area contributed by atoms with Crippen molar-refractivity contribution >= 4 is 29.0 Å². The number of carbonyl (C=O) groups is 1. The number of halogens is 3. The van der Waals surface area contributed by atoms with Crippen molar-refractivity contribution in [3.05, 3.63) is 69.5 Å². The van der Waals surface area contributed by atoms with Crippen LogP contribution in [0.1, 0.15) is 15.9 Å². The minimum Gasteiger partial charge on any atom is -0.294 e. The molecule has 0 saturated carbocycles. The summed E-state index contributed by atoms with van der Waals surface area (Å²) in [6.07, 6.45) is 0.0525. The molecule has 0 aliphatic heterocycles. The van der Waals surface area contributed by atoms with Gasteiger partial charge in [-0.1, -0.05) is 47.5 Å². The highest BCUT2D eigenvalue weighted by molar-refractivity contribution is 6.32. The van der Waals surface area contributed by atoms with E-state index in [1.807, 2.05) is 0 Å². The lowest BCUT2D eigenvalue weighted by atomic mass is 10.0. The predicted octanol–water partition coefficient (Wildman–Crippen LogP) is 4.56. The van der Waals surface area contributed by atoms with E-state index in [9.17, 15) is 9.18 Å². The fraction of sp³-hybridized carbons (Fsp3) is 0.0714. The van der Waals surface area contributed by atoms with Crippen LogP contribution in [-0.4, -0.2) is 5.78 Å². The van der Waals surface area contributed by atoms with Gasteiger partial charge in [-0.05, 0) is 23.8 Å². The predicted molar refractivity (Wildman–Crippen MR) is 70.9 cm³/mol. The van der Waals surface area contributed by atoms with Gasteiger partial charge in [0, 0.05) is 11.4 Å². The lowest BCUT2D eigenvalue weighted by Gasteiger charge is -2.05. The van der Waals surface area contributed by atoms with Crippen LogP contribution in [0, 0.1) is 5.82 Å². The van der Waals surface area contributed by atoms with Crippen molar-refractivity contribution in [2.45, 2.75) is 6.42 Å². The average Bonchev–Trinajstić information content (AvgIpc) is 2.35. The molecule has 2 rings (SSSR count). The van der Waals surface area contributed by atoms with E-state index in [0.29, 0.717) is 10.6 Å². The van der Waals surface area contributed by atoms with E-state index >= 15 is 0 Å². The molecule has 0 atom stereocenters. The molecule has 18 heavy (non-hydrogen) atoms. The highest BCUT2D eigenvalue weighted by Gasteiger charge is 2.15. The van der Waals surface area contributed by atoms with E-state index < -0.39 is 5.82 Å². The van der Waals surface area contributed by atoms with Gasteiger partial charge < -0.3 is 0 Å². The number of benzene rings is 2. The highest BCUT2D eigenvalue weighted by atomic mass is 35.5. The first-order chi connectivity index (χ1) is 8.59. The van der Waals surface area contributed by atoms with Crippen LogP contribution in [0.3, 0.4) is 0 Å². The molecule has 0 saturated heterocycles. The maximum atomic E-state index is 13.7. The Balaban J connectivity index is 2.28. The zero-order valence-corrected chi connectivity index (χ0v) is 10.8. The Morgan fingerprint density at radius 3 is 2.39 bits per heavy atom.